The second kappa shape index (κ2) is 12.6. The van der Waals surface area contributed by atoms with Gasteiger partial charge in [-0.1, -0.05) is 60.7 Å². The number of aromatic nitrogens is 1. The fourth-order valence-electron chi connectivity index (χ4n) is 5.17. The van der Waals surface area contributed by atoms with E-state index < -0.39 is 12.6 Å². The number of benzene rings is 3. The number of likely N-dealkylation sites (tertiary alicyclic amines) is 1. The van der Waals surface area contributed by atoms with Crippen LogP contribution in [0.1, 0.15) is 11.5 Å². The van der Waals surface area contributed by atoms with Crippen LogP contribution in [0.5, 0.6) is 5.75 Å². The summed E-state index contributed by atoms with van der Waals surface area (Å²) in [5, 5.41) is 16.7. The van der Waals surface area contributed by atoms with Gasteiger partial charge in [0.15, 0.2) is 6.61 Å². The Morgan fingerprint density at radius 3 is 2.50 bits per heavy atom. The van der Waals surface area contributed by atoms with Crippen molar-refractivity contribution in [3.05, 3.63) is 90.6 Å². The number of hydrogen-bond acceptors (Lipinski definition) is 6. The third-order valence-electron chi connectivity index (χ3n) is 7.06. The number of carbonyl (C=O) groups is 2. The topological polar surface area (TPSA) is 113 Å². The van der Waals surface area contributed by atoms with Crippen LogP contribution >= 0.6 is 0 Å². The zero-order valence-electron chi connectivity index (χ0n) is 22.2. The van der Waals surface area contributed by atoms with E-state index in [1.54, 1.807) is 25.4 Å². The molecule has 1 aliphatic rings. The first-order valence-electron chi connectivity index (χ1n) is 13.2. The van der Waals surface area contributed by atoms with Gasteiger partial charge in [0.05, 0.1) is 24.0 Å². The van der Waals surface area contributed by atoms with Crippen LogP contribution in [0.4, 0.5) is 10.5 Å². The van der Waals surface area contributed by atoms with Gasteiger partial charge >= 0.3 is 12.0 Å². The zero-order chi connectivity index (χ0) is 27.9. The summed E-state index contributed by atoms with van der Waals surface area (Å²) in [7, 11) is 1.69. The highest BCUT2D eigenvalue weighted by molar-refractivity contribution is 6.06. The van der Waals surface area contributed by atoms with Crippen LogP contribution in [0.25, 0.3) is 22.0 Å². The van der Waals surface area contributed by atoms with Gasteiger partial charge in [-0.15, -0.1) is 0 Å². The minimum atomic E-state index is -1.06. The van der Waals surface area contributed by atoms with Crippen LogP contribution in [0.3, 0.4) is 0 Å². The van der Waals surface area contributed by atoms with Crippen molar-refractivity contribution in [2.45, 2.75) is 12.0 Å². The third kappa shape index (κ3) is 6.39. The van der Waals surface area contributed by atoms with E-state index in [4.69, 9.17) is 14.6 Å². The Labute approximate surface area is 232 Å². The molecule has 2 amide bonds. The van der Waals surface area contributed by atoms with Crippen LogP contribution in [-0.4, -0.2) is 73.0 Å². The summed E-state index contributed by atoms with van der Waals surface area (Å²) < 4.78 is 10.6. The summed E-state index contributed by atoms with van der Waals surface area (Å²) >= 11 is 0. The second-order valence-electron chi connectivity index (χ2n) is 9.75. The van der Waals surface area contributed by atoms with E-state index in [-0.39, 0.29) is 18.0 Å². The number of amides is 2. The number of hydrogen-bond donors (Lipinski definition) is 3. The maximum Gasteiger partial charge on any atom is 0.341 e. The summed E-state index contributed by atoms with van der Waals surface area (Å²) in [6.07, 6.45) is 1.70. The molecular weight excluding hydrogens is 508 g/mol. The molecule has 0 aliphatic carbocycles. The lowest BCUT2D eigenvalue weighted by Crippen LogP contribution is -2.42. The highest BCUT2D eigenvalue weighted by atomic mass is 16.5. The number of rotatable bonds is 10. The summed E-state index contributed by atoms with van der Waals surface area (Å²) in [6.45, 7) is 2.50. The molecule has 2 atom stereocenters. The average molecular weight is 541 g/mol. The van der Waals surface area contributed by atoms with Gasteiger partial charge in [0.2, 0.25) is 0 Å². The molecule has 3 aromatic carbocycles. The van der Waals surface area contributed by atoms with Crippen molar-refractivity contribution in [3.8, 4) is 17.0 Å². The van der Waals surface area contributed by atoms with Crippen LogP contribution in [-0.2, 0) is 9.53 Å². The van der Waals surface area contributed by atoms with Gasteiger partial charge in [-0.3, -0.25) is 9.88 Å². The number of pyridine rings is 1. The first kappa shape index (κ1) is 27.1. The van der Waals surface area contributed by atoms with E-state index in [0.717, 1.165) is 24.0 Å². The Morgan fingerprint density at radius 2 is 1.77 bits per heavy atom. The Balaban J connectivity index is 1.43. The lowest BCUT2D eigenvalue weighted by Gasteiger charge is -2.22. The average Bonchev–Trinajstić information content (AvgIpc) is 3.38. The van der Waals surface area contributed by atoms with Gasteiger partial charge in [-0.05, 0) is 23.8 Å². The Kier molecular flexibility index (Phi) is 8.53. The summed E-state index contributed by atoms with van der Waals surface area (Å²) in [6, 6.07) is 24.7. The number of aliphatic carboxylic acids is 1. The number of anilines is 1. The van der Waals surface area contributed by atoms with Crippen LogP contribution < -0.4 is 15.4 Å². The molecule has 0 unspecified atom stereocenters. The van der Waals surface area contributed by atoms with Crippen LogP contribution in [0.2, 0.25) is 0 Å². The van der Waals surface area contributed by atoms with Crippen LogP contribution in [0, 0.1) is 0 Å². The van der Waals surface area contributed by atoms with E-state index in [0.29, 0.717) is 35.7 Å². The maximum atomic E-state index is 13.6. The minimum absolute atomic E-state index is 0.0987. The van der Waals surface area contributed by atoms with Crippen molar-refractivity contribution in [2.75, 3.05) is 45.3 Å². The quantitative estimate of drug-likeness (QED) is 0.269. The molecule has 0 spiro atoms. The predicted molar refractivity (Wildman–Crippen MR) is 154 cm³/mol. The van der Waals surface area contributed by atoms with E-state index in [2.05, 4.69) is 32.7 Å². The van der Waals surface area contributed by atoms with E-state index >= 15 is 0 Å². The summed E-state index contributed by atoms with van der Waals surface area (Å²) in [4.78, 5) is 31.5. The van der Waals surface area contributed by atoms with Crippen molar-refractivity contribution >= 4 is 28.5 Å². The smallest absolute Gasteiger partial charge is 0.341 e. The normalized spacial score (nSPS) is 17.0. The Bertz CT molecular complexity index is 1470. The van der Waals surface area contributed by atoms with Gasteiger partial charge in [-0.25, -0.2) is 9.59 Å². The van der Waals surface area contributed by atoms with Crippen molar-refractivity contribution in [1.82, 2.24) is 15.2 Å². The standard InChI is InChI=1S/C31H32N4O5/c1-39-15-14-35-18-26(21-8-4-2-5-9-21)27(19-35)33-31(38)34-30-25-13-12-24(40-20-28(36)37)16-23(25)17-32-29(30)22-10-6-3-7-11-22/h2-13,16-17,26-27H,14-15,18-20H2,1H3,(H,36,37)(H2,33,34,38)/t26-,27+/m0/s1. The molecule has 3 N–H and O–H groups in total. The number of methoxy groups -OCH3 is 1. The van der Waals surface area contributed by atoms with Gasteiger partial charge < -0.3 is 25.2 Å². The van der Waals surface area contributed by atoms with Gasteiger partial charge in [0, 0.05) is 55.2 Å². The molecular formula is C31H32N4O5. The van der Waals surface area contributed by atoms with Gasteiger partial charge in [-0.2, -0.15) is 0 Å². The first-order valence-corrected chi connectivity index (χ1v) is 13.2. The number of carbonyl (C=O) groups excluding carboxylic acids is 1. The maximum absolute atomic E-state index is 13.6. The lowest BCUT2D eigenvalue weighted by atomic mass is 9.94. The minimum Gasteiger partial charge on any atom is -0.482 e. The molecule has 1 saturated heterocycles. The molecule has 0 saturated carbocycles. The molecule has 1 fully saturated rings. The molecule has 206 valence electrons. The van der Waals surface area contributed by atoms with E-state index in [9.17, 15) is 9.59 Å². The Hall–Kier alpha value is -4.47. The number of carboxylic acid groups (broad SMARTS) is 1. The Morgan fingerprint density at radius 1 is 1.02 bits per heavy atom. The highest BCUT2D eigenvalue weighted by Crippen LogP contribution is 2.35. The molecule has 4 aromatic rings. The molecule has 9 nitrogen and oxygen atoms in total. The van der Waals surface area contributed by atoms with Crippen LogP contribution in [0.15, 0.2) is 85.1 Å². The number of carboxylic acids is 1. The molecule has 1 aromatic heterocycles. The fourth-order valence-corrected chi connectivity index (χ4v) is 5.17. The number of nitrogens with zero attached hydrogens (tertiary/aromatic N) is 2. The van der Waals surface area contributed by atoms with Crippen molar-refractivity contribution in [3.63, 3.8) is 0 Å². The number of nitrogens with one attached hydrogen (secondary N) is 2. The molecule has 0 bridgehead atoms. The molecule has 9 heteroatoms. The number of fused-ring (bicyclic) bond motifs is 1. The van der Waals surface area contributed by atoms with Crippen molar-refractivity contribution in [1.29, 1.82) is 0 Å². The van der Waals surface area contributed by atoms with E-state index in [1.165, 1.54) is 5.56 Å². The summed E-state index contributed by atoms with van der Waals surface area (Å²) in [5.74, 6) is -0.512. The molecule has 40 heavy (non-hydrogen) atoms. The molecule has 5 rings (SSSR count). The van der Waals surface area contributed by atoms with Gasteiger partial charge in [0.25, 0.3) is 0 Å². The molecule has 2 heterocycles. The monoisotopic (exact) mass is 540 g/mol. The fraction of sp³-hybridized carbons (Fsp3) is 0.258. The van der Waals surface area contributed by atoms with E-state index in [1.807, 2.05) is 54.6 Å². The lowest BCUT2D eigenvalue weighted by molar-refractivity contribution is -0.139. The third-order valence-corrected chi connectivity index (χ3v) is 7.06. The molecule has 1 aliphatic heterocycles. The van der Waals surface area contributed by atoms with Gasteiger partial charge in [0.1, 0.15) is 5.75 Å². The number of ether oxygens (including phenoxy) is 2. The first-order chi connectivity index (χ1) is 19.5. The predicted octanol–water partition coefficient (Wildman–Crippen LogP) is 4.60. The van der Waals surface area contributed by atoms with Crippen molar-refractivity contribution < 1.29 is 24.2 Å². The largest absolute Gasteiger partial charge is 0.482 e. The zero-order valence-corrected chi connectivity index (χ0v) is 22.2. The molecule has 0 radical (unpaired) electrons. The van der Waals surface area contributed by atoms with Crippen molar-refractivity contribution in [2.24, 2.45) is 0 Å². The summed E-state index contributed by atoms with van der Waals surface area (Å²) in [5.41, 5.74) is 3.24. The second-order valence-corrected chi connectivity index (χ2v) is 9.75. The highest BCUT2D eigenvalue weighted by Gasteiger charge is 2.34. The number of urea groups is 1. The SMILES string of the molecule is COCCN1C[C@@H](NC(=O)Nc2c(-c3ccccc3)ncc3cc(OCC(=O)O)ccc23)[C@H](c2ccccc2)C1.